The van der Waals surface area contributed by atoms with Gasteiger partial charge in [0.15, 0.2) is 11.5 Å². The molecule has 0 unspecified atom stereocenters. The minimum atomic E-state index is -0.713. The Morgan fingerprint density at radius 1 is 1.19 bits per heavy atom. The van der Waals surface area contributed by atoms with E-state index in [4.69, 9.17) is 18.9 Å². The van der Waals surface area contributed by atoms with Crippen LogP contribution in [0.1, 0.15) is 18.5 Å². The second-order valence-electron chi connectivity index (χ2n) is 6.97. The summed E-state index contributed by atoms with van der Waals surface area (Å²) in [5.74, 6) is 1.31. The van der Waals surface area contributed by atoms with Crippen LogP contribution >= 0.6 is 15.9 Å². The Morgan fingerprint density at radius 3 is 2.65 bits per heavy atom. The smallest absolute Gasteiger partial charge is 0.338 e. The number of ether oxygens (including phenoxy) is 4. The van der Waals surface area contributed by atoms with Gasteiger partial charge < -0.3 is 29.2 Å². The predicted molar refractivity (Wildman–Crippen MR) is 115 cm³/mol. The van der Waals surface area contributed by atoms with E-state index in [-0.39, 0.29) is 26.0 Å². The largest absolute Gasteiger partial charge is 0.490 e. The first kappa shape index (κ1) is 21.0. The monoisotopic (exact) mass is 488 g/mol. The van der Waals surface area contributed by atoms with Gasteiger partial charge in [-0.3, -0.25) is 0 Å². The van der Waals surface area contributed by atoms with Crippen molar-refractivity contribution >= 4 is 27.9 Å². The first-order valence-electron chi connectivity index (χ1n) is 9.64. The van der Waals surface area contributed by atoms with Crippen molar-refractivity contribution in [1.82, 2.24) is 10.2 Å². The summed E-state index contributed by atoms with van der Waals surface area (Å²) in [5.41, 5.74) is 1.51. The Hall–Kier alpha value is -3.20. The molecule has 2 heterocycles. The normalized spacial score (nSPS) is 17.5. The Kier molecular flexibility index (Phi) is 6.03. The van der Waals surface area contributed by atoms with Gasteiger partial charge in [-0.2, -0.15) is 0 Å². The zero-order valence-corrected chi connectivity index (χ0v) is 18.6. The van der Waals surface area contributed by atoms with Gasteiger partial charge >= 0.3 is 12.0 Å². The number of carbonyl (C=O) groups excluding carboxylic acids is 2. The second-order valence-corrected chi connectivity index (χ2v) is 7.82. The minimum Gasteiger partial charge on any atom is -0.490 e. The van der Waals surface area contributed by atoms with Crippen molar-refractivity contribution < 1.29 is 28.5 Å². The number of hydrogen-bond acceptors (Lipinski definition) is 6. The molecule has 0 spiro atoms. The molecule has 0 fully saturated rings. The van der Waals surface area contributed by atoms with Crippen LogP contribution in [0.15, 0.2) is 58.2 Å². The Bertz CT molecular complexity index is 1040. The molecule has 0 saturated heterocycles. The third kappa shape index (κ3) is 4.32. The Morgan fingerprint density at radius 2 is 1.90 bits per heavy atom. The van der Waals surface area contributed by atoms with Crippen molar-refractivity contribution in [2.45, 2.75) is 13.0 Å². The SMILES string of the molecule is CC1=C(C(=O)OCCOc2ccccc2)[C@@H](c2cc3c(cc2Br)OCO3)NC(=O)N1C. The molecule has 4 rings (SSSR count). The lowest BCUT2D eigenvalue weighted by atomic mass is 9.94. The molecule has 0 bridgehead atoms. The van der Waals surface area contributed by atoms with Crippen LogP contribution < -0.4 is 19.5 Å². The highest BCUT2D eigenvalue weighted by Gasteiger charge is 2.37. The van der Waals surface area contributed by atoms with E-state index in [0.29, 0.717) is 38.6 Å². The van der Waals surface area contributed by atoms with E-state index < -0.39 is 12.0 Å². The number of para-hydroxylation sites is 1. The highest BCUT2D eigenvalue weighted by Crippen LogP contribution is 2.42. The Balaban J connectivity index is 1.54. The van der Waals surface area contributed by atoms with Crippen molar-refractivity contribution in [3.05, 3.63) is 63.8 Å². The van der Waals surface area contributed by atoms with Gasteiger partial charge in [0.05, 0.1) is 11.6 Å². The fourth-order valence-electron chi connectivity index (χ4n) is 3.38. The van der Waals surface area contributed by atoms with Crippen LogP contribution in [0.25, 0.3) is 0 Å². The van der Waals surface area contributed by atoms with Crippen LogP contribution in [0.3, 0.4) is 0 Å². The molecule has 162 valence electrons. The van der Waals surface area contributed by atoms with Crippen molar-refractivity contribution in [3.8, 4) is 17.2 Å². The lowest BCUT2D eigenvalue weighted by Gasteiger charge is -2.33. The van der Waals surface area contributed by atoms with Crippen molar-refractivity contribution in [2.75, 3.05) is 27.1 Å². The van der Waals surface area contributed by atoms with Gasteiger partial charge in [0.25, 0.3) is 0 Å². The summed E-state index contributed by atoms with van der Waals surface area (Å²) >= 11 is 3.51. The number of rotatable bonds is 6. The molecule has 0 aromatic heterocycles. The predicted octanol–water partition coefficient (Wildman–Crippen LogP) is 3.77. The zero-order valence-electron chi connectivity index (χ0n) is 17.0. The molecule has 1 atom stereocenters. The molecular formula is C22H21BrN2O6. The molecule has 1 N–H and O–H groups in total. The van der Waals surface area contributed by atoms with Crippen molar-refractivity contribution in [2.24, 2.45) is 0 Å². The van der Waals surface area contributed by atoms with E-state index >= 15 is 0 Å². The number of carbonyl (C=O) groups is 2. The van der Waals surface area contributed by atoms with Crippen LogP contribution in [0.2, 0.25) is 0 Å². The molecule has 9 heteroatoms. The van der Waals surface area contributed by atoms with Gasteiger partial charge in [-0.1, -0.05) is 34.1 Å². The highest BCUT2D eigenvalue weighted by molar-refractivity contribution is 9.10. The third-order valence-electron chi connectivity index (χ3n) is 5.11. The first-order valence-corrected chi connectivity index (χ1v) is 10.4. The third-order valence-corrected chi connectivity index (χ3v) is 5.79. The number of amides is 2. The maximum Gasteiger partial charge on any atom is 0.338 e. The summed E-state index contributed by atoms with van der Waals surface area (Å²) in [7, 11) is 1.60. The second kappa shape index (κ2) is 8.89. The molecule has 31 heavy (non-hydrogen) atoms. The molecule has 2 aliphatic heterocycles. The number of nitrogens with one attached hydrogen (secondary N) is 1. The van der Waals surface area contributed by atoms with Gasteiger partial charge in [0.2, 0.25) is 6.79 Å². The van der Waals surface area contributed by atoms with Gasteiger partial charge in [0.1, 0.15) is 19.0 Å². The minimum absolute atomic E-state index is 0.0667. The highest BCUT2D eigenvalue weighted by atomic mass is 79.9. The van der Waals surface area contributed by atoms with Crippen LogP contribution in [0.4, 0.5) is 4.79 Å². The van der Waals surface area contributed by atoms with E-state index in [1.165, 1.54) is 4.90 Å². The number of allylic oxidation sites excluding steroid dienone is 1. The zero-order chi connectivity index (χ0) is 22.0. The van der Waals surface area contributed by atoms with Crippen molar-refractivity contribution in [3.63, 3.8) is 0 Å². The molecule has 0 radical (unpaired) electrons. The van der Waals surface area contributed by atoms with E-state index in [2.05, 4.69) is 21.2 Å². The van der Waals surface area contributed by atoms with Gasteiger partial charge in [-0.05, 0) is 36.8 Å². The number of esters is 1. The maximum absolute atomic E-state index is 13.0. The number of urea groups is 1. The summed E-state index contributed by atoms with van der Waals surface area (Å²) in [5, 5.41) is 2.86. The van der Waals surface area contributed by atoms with Crippen LogP contribution in [-0.2, 0) is 9.53 Å². The lowest BCUT2D eigenvalue weighted by molar-refractivity contribution is -0.140. The molecule has 0 aliphatic carbocycles. The Labute approximate surface area is 187 Å². The number of hydrogen-bond donors (Lipinski definition) is 1. The lowest BCUT2D eigenvalue weighted by Crippen LogP contribution is -2.46. The number of benzene rings is 2. The van der Waals surface area contributed by atoms with Gasteiger partial charge in [-0.15, -0.1) is 0 Å². The molecule has 8 nitrogen and oxygen atoms in total. The summed E-state index contributed by atoms with van der Waals surface area (Å²) in [6.07, 6.45) is 0. The molecule has 2 aliphatic rings. The maximum atomic E-state index is 13.0. The van der Waals surface area contributed by atoms with E-state index in [0.717, 1.165) is 0 Å². The summed E-state index contributed by atoms with van der Waals surface area (Å²) in [6, 6.07) is 11.8. The van der Waals surface area contributed by atoms with Crippen LogP contribution in [0, 0.1) is 0 Å². The number of halogens is 1. The van der Waals surface area contributed by atoms with E-state index in [1.54, 1.807) is 26.1 Å². The summed E-state index contributed by atoms with van der Waals surface area (Å²) in [6.45, 7) is 2.11. The number of fused-ring (bicyclic) bond motifs is 1. The van der Waals surface area contributed by atoms with Crippen LogP contribution in [-0.4, -0.2) is 44.0 Å². The first-order chi connectivity index (χ1) is 15.0. The summed E-state index contributed by atoms with van der Waals surface area (Å²) in [4.78, 5) is 26.9. The molecule has 2 amide bonds. The molecule has 0 saturated carbocycles. The summed E-state index contributed by atoms with van der Waals surface area (Å²) < 4.78 is 22.6. The fraction of sp³-hybridized carbons (Fsp3) is 0.273. The fourth-order valence-corrected chi connectivity index (χ4v) is 3.93. The number of nitrogens with zero attached hydrogens (tertiary/aromatic N) is 1. The molecule has 2 aromatic carbocycles. The van der Waals surface area contributed by atoms with E-state index in [1.807, 2.05) is 30.3 Å². The van der Waals surface area contributed by atoms with Gasteiger partial charge in [-0.25, -0.2) is 9.59 Å². The average Bonchev–Trinajstić information content (AvgIpc) is 3.22. The molecule has 2 aromatic rings. The quantitative estimate of drug-likeness (QED) is 0.491. The molecular weight excluding hydrogens is 468 g/mol. The van der Waals surface area contributed by atoms with E-state index in [9.17, 15) is 9.59 Å². The average molecular weight is 489 g/mol. The van der Waals surface area contributed by atoms with Crippen molar-refractivity contribution in [1.29, 1.82) is 0 Å². The topological polar surface area (TPSA) is 86.3 Å². The standard InChI is InChI=1S/C22H21BrN2O6/c1-13-19(21(26)29-9-8-28-14-6-4-3-5-7-14)20(24-22(27)25(13)2)15-10-17-18(11-16(15)23)31-12-30-17/h3-7,10-11,20H,8-9,12H2,1-2H3,(H,24,27)/t20-/m1/s1. The van der Waals surface area contributed by atoms with Gasteiger partial charge in [0, 0.05) is 17.2 Å². The van der Waals surface area contributed by atoms with Crippen LogP contribution in [0.5, 0.6) is 17.2 Å².